The van der Waals surface area contributed by atoms with E-state index < -0.39 is 23.8 Å². The van der Waals surface area contributed by atoms with E-state index in [0.29, 0.717) is 19.8 Å². The van der Waals surface area contributed by atoms with E-state index in [2.05, 4.69) is 9.47 Å². The molecule has 1 saturated heterocycles. The summed E-state index contributed by atoms with van der Waals surface area (Å²) in [6.07, 6.45) is -1.46. The molecule has 1 fully saturated rings. The molecular weight excluding hydrogens is 256 g/mol. The molecule has 0 aromatic rings. The standard InChI is InChI=1S/C12H20O7/c1-4-15-5-6-16-9(2)19-10(13)12(3)7-17-11(14)18-8-12/h9H,4-8H2,1-3H3. The average molecular weight is 276 g/mol. The van der Waals surface area contributed by atoms with Crippen LogP contribution in [0.5, 0.6) is 0 Å². The molecule has 19 heavy (non-hydrogen) atoms. The van der Waals surface area contributed by atoms with Crippen LogP contribution in [-0.2, 0) is 28.5 Å². The van der Waals surface area contributed by atoms with Gasteiger partial charge in [0.2, 0.25) is 0 Å². The number of esters is 1. The van der Waals surface area contributed by atoms with Crippen LogP contribution in [0.1, 0.15) is 20.8 Å². The van der Waals surface area contributed by atoms with Crippen LogP contribution in [0, 0.1) is 5.41 Å². The molecule has 7 nitrogen and oxygen atoms in total. The third-order valence-corrected chi connectivity index (χ3v) is 2.57. The summed E-state index contributed by atoms with van der Waals surface area (Å²) >= 11 is 0. The fourth-order valence-corrected chi connectivity index (χ4v) is 1.38. The Balaban J connectivity index is 2.31. The highest BCUT2D eigenvalue weighted by Gasteiger charge is 2.42. The summed E-state index contributed by atoms with van der Waals surface area (Å²) < 4.78 is 24.8. The molecule has 1 rings (SSSR count). The van der Waals surface area contributed by atoms with Gasteiger partial charge in [-0.05, 0) is 20.8 Å². The molecular formula is C12H20O7. The second kappa shape index (κ2) is 7.30. The third-order valence-electron chi connectivity index (χ3n) is 2.57. The molecule has 0 bridgehead atoms. The second-order valence-corrected chi connectivity index (χ2v) is 4.43. The minimum Gasteiger partial charge on any atom is -0.435 e. The van der Waals surface area contributed by atoms with Gasteiger partial charge in [-0.2, -0.15) is 0 Å². The van der Waals surface area contributed by atoms with Gasteiger partial charge in [-0.1, -0.05) is 0 Å². The van der Waals surface area contributed by atoms with Crippen LogP contribution in [-0.4, -0.2) is 51.4 Å². The van der Waals surface area contributed by atoms with Crippen molar-refractivity contribution in [1.82, 2.24) is 0 Å². The van der Waals surface area contributed by atoms with Crippen LogP contribution >= 0.6 is 0 Å². The molecule has 0 spiro atoms. The van der Waals surface area contributed by atoms with Crippen molar-refractivity contribution >= 4 is 12.1 Å². The highest BCUT2D eigenvalue weighted by molar-refractivity contribution is 5.78. The van der Waals surface area contributed by atoms with Crippen molar-refractivity contribution in [2.75, 3.05) is 33.0 Å². The van der Waals surface area contributed by atoms with Gasteiger partial charge >= 0.3 is 12.1 Å². The van der Waals surface area contributed by atoms with E-state index in [1.807, 2.05) is 6.92 Å². The van der Waals surface area contributed by atoms with Crippen molar-refractivity contribution in [2.24, 2.45) is 5.41 Å². The number of hydrogen-bond acceptors (Lipinski definition) is 7. The predicted octanol–water partition coefficient (Wildman–Crippen LogP) is 1.10. The Morgan fingerprint density at radius 3 is 2.58 bits per heavy atom. The minimum absolute atomic E-state index is 0.0592. The summed E-state index contributed by atoms with van der Waals surface area (Å²) in [7, 11) is 0. The summed E-state index contributed by atoms with van der Waals surface area (Å²) in [5.74, 6) is -0.524. The largest absolute Gasteiger partial charge is 0.508 e. The molecule has 7 heteroatoms. The predicted molar refractivity (Wildman–Crippen MR) is 63.4 cm³/mol. The van der Waals surface area contributed by atoms with Gasteiger partial charge < -0.3 is 23.7 Å². The summed E-state index contributed by atoms with van der Waals surface area (Å²) in [5, 5.41) is 0. The Kier molecular flexibility index (Phi) is 6.04. The Morgan fingerprint density at radius 1 is 1.37 bits per heavy atom. The van der Waals surface area contributed by atoms with Gasteiger partial charge in [0.1, 0.15) is 18.6 Å². The van der Waals surface area contributed by atoms with Crippen molar-refractivity contribution in [3.05, 3.63) is 0 Å². The molecule has 0 aliphatic carbocycles. The van der Waals surface area contributed by atoms with E-state index in [-0.39, 0.29) is 13.2 Å². The fraction of sp³-hybridized carbons (Fsp3) is 0.833. The Labute approximate surface area is 112 Å². The molecule has 0 N–H and O–H groups in total. The topological polar surface area (TPSA) is 80.3 Å². The Morgan fingerprint density at radius 2 is 2.00 bits per heavy atom. The zero-order chi connectivity index (χ0) is 14.3. The lowest BCUT2D eigenvalue weighted by molar-refractivity contribution is -0.195. The van der Waals surface area contributed by atoms with E-state index in [9.17, 15) is 9.59 Å². The Hall–Kier alpha value is -1.34. The Bertz CT molecular complexity index is 305. The first-order valence-electron chi connectivity index (χ1n) is 6.18. The molecule has 0 aromatic heterocycles. The maximum atomic E-state index is 11.9. The SMILES string of the molecule is CCOCCOC(C)OC(=O)C1(C)COC(=O)OC1. The zero-order valence-electron chi connectivity index (χ0n) is 11.5. The van der Waals surface area contributed by atoms with Gasteiger partial charge in [0.25, 0.3) is 0 Å². The summed E-state index contributed by atoms with van der Waals surface area (Å²) in [5.41, 5.74) is -0.995. The van der Waals surface area contributed by atoms with Gasteiger partial charge in [-0.25, -0.2) is 4.79 Å². The molecule has 1 heterocycles. The average Bonchev–Trinajstić information content (AvgIpc) is 2.38. The lowest BCUT2D eigenvalue weighted by atomic mass is 9.93. The number of carbonyl (C=O) groups excluding carboxylic acids is 2. The molecule has 0 radical (unpaired) electrons. The van der Waals surface area contributed by atoms with Gasteiger partial charge in [0.15, 0.2) is 6.29 Å². The number of ether oxygens (including phenoxy) is 5. The lowest BCUT2D eigenvalue weighted by Crippen LogP contribution is -2.45. The molecule has 0 aromatic carbocycles. The summed E-state index contributed by atoms with van der Waals surface area (Å²) in [6.45, 7) is 6.37. The van der Waals surface area contributed by atoms with E-state index in [1.54, 1.807) is 13.8 Å². The van der Waals surface area contributed by atoms with Gasteiger partial charge in [-0.15, -0.1) is 0 Å². The zero-order valence-corrected chi connectivity index (χ0v) is 11.5. The van der Waals surface area contributed by atoms with E-state index in [4.69, 9.17) is 14.2 Å². The normalized spacial score (nSPS) is 19.2. The molecule has 1 unspecified atom stereocenters. The fourth-order valence-electron chi connectivity index (χ4n) is 1.38. The van der Waals surface area contributed by atoms with Crippen LogP contribution in [0.15, 0.2) is 0 Å². The third kappa shape index (κ3) is 5.04. The van der Waals surface area contributed by atoms with Crippen LogP contribution in [0.2, 0.25) is 0 Å². The molecule has 0 amide bonds. The first kappa shape index (κ1) is 15.7. The number of hydrogen-bond donors (Lipinski definition) is 0. The monoisotopic (exact) mass is 276 g/mol. The highest BCUT2D eigenvalue weighted by atomic mass is 16.7. The quantitative estimate of drug-likeness (QED) is 0.391. The van der Waals surface area contributed by atoms with E-state index >= 15 is 0 Å². The highest BCUT2D eigenvalue weighted by Crippen LogP contribution is 2.24. The summed E-state index contributed by atoms with van der Waals surface area (Å²) in [6, 6.07) is 0. The van der Waals surface area contributed by atoms with Gasteiger partial charge in [-0.3, -0.25) is 4.79 Å². The van der Waals surface area contributed by atoms with Crippen LogP contribution in [0.25, 0.3) is 0 Å². The van der Waals surface area contributed by atoms with Gasteiger partial charge in [0.05, 0.1) is 13.2 Å². The number of cyclic esters (lactones) is 2. The van der Waals surface area contributed by atoms with Crippen molar-refractivity contribution in [3.63, 3.8) is 0 Å². The van der Waals surface area contributed by atoms with Crippen LogP contribution in [0.4, 0.5) is 4.79 Å². The number of carbonyl (C=O) groups is 2. The van der Waals surface area contributed by atoms with E-state index in [0.717, 1.165) is 0 Å². The van der Waals surface area contributed by atoms with Crippen LogP contribution < -0.4 is 0 Å². The molecule has 1 atom stereocenters. The molecule has 1 aliphatic heterocycles. The summed E-state index contributed by atoms with van der Waals surface area (Å²) in [4.78, 5) is 22.7. The lowest BCUT2D eigenvalue weighted by Gasteiger charge is -2.30. The number of rotatable bonds is 7. The maximum absolute atomic E-state index is 11.9. The van der Waals surface area contributed by atoms with Crippen LogP contribution in [0.3, 0.4) is 0 Å². The van der Waals surface area contributed by atoms with Crippen molar-refractivity contribution in [3.8, 4) is 0 Å². The molecule has 110 valence electrons. The minimum atomic E-state index is -0.995. The van der Waals surface area contributed by atoms with Crippen molar-refractivity contribution < 1.29 is 33.3 Å². The molecule has 0 saturated carbocycles. The maximum Gasteiger partial charge on any atom is 0.508 e. The second-order valence-electron chi connectivity index (χ2n) is 4.43. The van der Waals surface area contributed by atoms with Crippen molar-refractivity contribution in [2.45, 2.75) is 27.1 Å². The van der Waals surface area contributed by atoms with Gasteiger partial charge in [0, 0.05) is 6.61 Å². The first-order valence-corrected chi connectivity index (χ1v) is 6.18. The first-order chi connectivity index (χ1) is 8.98. The molecule has 1 aliphatic rings. The van der Waals surface area contributed by atoms with E-state index in [1.165, 1.54) is 0 Å². The van der Waals surface area contributed by atoms with Crippen molar-refractivity contribution in [1.29, 1.82) is 0 Å². The smallest absolute Gasteiger partial charge is 0.435 e.